The maximum atomic E-state index is 13.8. The number of rotatable bonds is 7. The molecule has 1 aliphatic heterocycles. The highest BCUT2D eigenvalue weighted by molar-refractivity contribution is 6.74. The highest BCUT2D eigenvalue weighted by atomic mass is 35.5. The van der Waals surface area contributed by atoms with Crippen LogP contribution in [0.3, 0.4) is 0 Å². The van der Waals surface area contributed by atoms with Crippen LogP contribution in [0, 0.1) is 0 Å². The Hall–Kier alpha value is -1.37. The summed E-state index contributed by atoms with van der Waals surface area (Å²) in [6, 6.07) is 11.3. The standard InChI is InChI=1S/C27H37Cl2NO3Si/c1-18-21-10-7-9-19(13-14-31)22(21)15-20(17-33-34(5,6)27(2,3)4)30(18)26(32)16-23-24(28)11-8-12-25(23)29/h7-12,18,20,31H,13-17H2,1-6H3/t18-,20+/m0/s1. The molecule has 0 aliphatic carbocycles. The zero-order valence-corrected chi connectivity index (χ0v) is 23.6. The van der Waals surface area contributed by atoms with Crippen LogP contribution in [0.5, 0.6) is 0 Å². The minimum Gasteiger partial charge on any atom is -0.415 e. The van der Waals surface area contributed by atoms with Gasteiger partial charge in [0, 0.05) is 16.7 Å². The molecule has 1 amide bonds. The number of aliphatic hydroxyl groups is 1. The summed E-state index contributed by atoms with van der Waals surface area (Å²) in [7, 11) is -2.01. The molecule has 0 fully saturated rings. The molecule has 1 heterocycles. The Morgan fingerprint density at radius 3 is 2.35 bits per heavy atom. The Labute approximate surface area is 215 Å². The minimum atomic E-state index is -2.01. The third-order valence-electron chi connectivity index (χ3n) is 7.51. The molecular formula is C27H37Cl2NO3Si. The number of aliphatic hydroxyl groups excluding tert-OH is 1. The Bertz CT molecular complexity index is 1010. The lowest BCUT2D eigenvalue weighted by Crippen LogP contribution is -2.52. The summed E-state index contributed by atoms with van der Waals surface area (Å²) in [6.07, 6.45) is 1.45. The molecular weight excluding hydrogens is 485 g/mol. The van der Waals surface area contributed by atoms with E-state index in [2.05, 4.69) is 52.9 Å². The molecule has 4 nitrogen and oxygen atoms in total. The molecule has 0 radical (unpaired) electrons. The second-order valence-corrected chi connectivity index (χ2v) is 16.4. The van der Waals surface area contributed by atoms with E-state index in [4.69, 9.17) is 27.6 Å². The van der Waals surface area contributed by atoms with Gasteiger partial charge in [-0.2, -0.15) is 0 Å². The van der Waals surface area contributed by atoms with Crippen molar-refractivity contribution in [1.29, 1.82) is 0 Å². The van der Waals surface area contributed by atoms with E-state index < -0.39 is 8.32 Å². The Kier molecular flexibility index (Phi) is 8.57. The average molecular weight is 523 g/mol. The minimum absolute atomic E-state index is 0.00968. The maximum absolute atomic E-state index is 13.8. The topological polar surface area (TPSA) is 49.8 Å². The quantitative estimate of drug-likeness (QED) is 0.417. The molecule has 186 valence electrons. The highest BCUT2D eigenvalue weighted by Gasteiger charge is 2.41. The molecule has 0 aromatic heterocycles. The van der Waals surface area contributed by atoms with Gasteiger partial charge in [0.15, 0.2) is 8.32 Å². The van der Waals surface area contributed by atoms with Crippen LogP contribution in [0.25, 0.3) is 0 Å². The van der Waals surface area contributed by atoms with Crippen molar-refractivity contribution < 1.29 is 14.3 Å². The molecule has 1 N–H and O–H groups in total. The van der Waals surface area contributed by atoms with Gasteiger partial charge in [-0.05, 0) is 72.3 Å². The van der Waals surface area contributed by atoms with Crippen LogP contribution < -0.4 is 0 Å². The second kappa shape index (κ2) is 10.7. The lowest BCUT2D eigenvalue weighted by molar-refractivity contribution is -0.137. The van der Waals surface area contributed by atoms with Crippen LogP contribution in [0.15, 0.2) is 36.4 Å². The Morgan fingerprint density at radius 1 is 1.15 bits per heavy atom. The Morgan fingerprint density at radius 2 is 1.76 bits per heavy atom. The maximum Gasteiger partial charge on any atom is 0.227 e. The van der Waals surface area contributed by atoms with Gasteiger partial charge < -0.3 is 14.4 Å². The van der Waals surface area contributed by atoms with E-state index in [0.29, 0.717) is 35.1 Å². The van der Waals surface area contributed by atoms with Crippen molar-refractivity contribution in [3.05, 3.63) is 68.7 Å². The molecule has 34 heavy (non-hydrogen) atoms. The average Bonchev–Trinajstić information content (AvgIpc) is 2.75. The monoisotopic (exact) mass is 521 g/mol. The zero-order chi connectivity index (χ0) is 25.3. The zero-order valence-electron chi connectivity index (χ0n) is 21.1. The predicted molar refractivity (Wildman–Crippen MR) is 143 cm³/mol. The van der Waals surface area contributed by atoms with Gasteiger partial charge in [-0.25, -0.2) is 0 Å². The fourth-order valence-electron chi connectivity index (χ4n) is 4.47. The predicted octanol–water partition coefficient (Wildman–Crippen LogP) is 6.61. The van der Waals surface area contributed by atoms with Crippen molar-refractivity contribution in [3.8, 4) is 0 Å². The first-order valence-corrected chi connectivity index (χ1v) is 15.6. The first kappa shape index (κ1) is 27.2. The third-order valence-corrected chi connectivity index (χ3v) is 12.7. The van der Waals surface area contributed by atoms with Crippen LogP contribution >= 0.6 is 23.2 Å². The number of hydrogen-bond donors (Lipinski definition) is 1. The number of carbonyl (C=O) groups excluding carboxylic acids is 1. The van der Waals surface area contributed by atoms with Gasteiger partial charge in [0.2, 0.25) is 5.91 Å². The largest absolute Gasteiger partial charge is 0.415 e. The van der Waals surface area contributed by atoms with Crippen LogP contribution in [0.1, 0.15) is 56.0 Å². The van der Waals surface area contributed by atoms with E-state index in [0.717, 1.165) is 11.1 Å². The van der Waals surface area contributed by atoms with E-state index in [-0.39, 0.29) is 36.1 Å². The van der Waals surface area contributed by atoms with Crippen LogP contribution in [-0.2, 0) is 28.5 Å². The van der Waals surface area contributed by atoms with Gasteiger partial charge in [0.05, 0.1) is 25.1 Å². The smallest absolute Gasteiger partial charge is 0.227 e. The van der Waals surface area contributed by atoms with Crippen molar-refractivity contribution in [3.63, 3.8) is 0 Å². The van der Waals surface area contributed by atoms with Crippen LogP contribution in [-0.4, -0.2) is 43.5 Å². The van der Waals surface area contributed by atoms with E-state index in [1.165, 1.54) is 5.56 Å². The van der Waals surface area contributed by atoms with Crippen LogP contribution in [0.2, 0.25) is 28.2 Å². The summed E-state index contributed by atoms with van der Waals surface area (Å²) in [4.78, 5) is 15.7. The number of benzene rings is 2. The van der Waals surface area contributed by atoms with E-state index in [1.807, 2.05) is 11.0 Å². The summed E-state index contributed by atoms with van der Waals surface area (Å²) in [5.41, 5.74) is 4.16. The van der Waals surface area contributed by atoms with Gasteiger partial charge in [-0.15, -0.1) is 0 Å². The number of halogens is 2. The number of carbonyl (C=O) groups is 1. The lowest BCUT2D eigenvalue weighted by Gasteiger charge is -2.45. The van der Waals surface area contributed by atoms with E-state index >= 15 is 0 Å². The molecule has 0 saturated heterocycles. The molecule has 2 aromatic rings. The molecule has 0 saturated carbocycles. The van der Waals surface area contributed by atoms with E-state index in [1.54, 1.807) is 18.2 Å². The first-order chi connectivity index (χ1) is 15.9. The number of hydrogen-bond acceptors (Lipinski definition) is 3. The van der Waals surface area contributed by atoms with Gasteiger partial charge in [0.1, 0.15) is 0 Å². The molecule has 0 unspecified atom stereocenters. The third kappa shape index (κ3) is 5.71. The van der Waals surface area contributed by atoms with Crippen molar-refractivity contribution in [1.82, 2.24) is 4.90 Å². The molecule has 7 heteroatoms. The van der Waals surface area contributed by atoms with Gasteiger partial charge in [0.25, 0.3) is 0 Å². The second-order valence-electron chi connectivity index (χ2n) is 10.7. The van der Waals surface area contributed by atoms with Crippen LogP contribution in [0.4, 0.5) is 0 Å². The fourth-order valence-corrected chi connectivity index (χ4v) is 6.05. The Balaban J connectivity index is 1.97. The van der Waals surface area contributed by atoms with Crippen molar-refractivity contribution in [2.24, 2.45) is 0 Å². The molecule has 2 atom stereocenters. The van der Waals surface area contributed by atoms with Gasteiger partial charge in [-0.1, -0.05) is 68.2 Å². The van der Waals surface area contributed by atoms with Gasteiger partial charge >= 0.3 is 0 Å². The summed E-state index contributed by atoms with van der Waals surface area (Å²) >= 11 is 12.8. The molecule has 0 spiro atoms. The summed E-state index contributed by atoms with van der Waals surface area (Å²) in [5, 5.41) is 10.7. The molecule has 0 bridgehead atoms. The number of amides is 1. The summed E-state index contributed by atoms with van der Waals surface area (Å²) in [5.74, 6) is -0.00968. The molecule has 3 rings (SSSR count). The fraction of sp³-hybridized carbons (Fsp3) is 0.519. The molecule has 1 aliphatic rings. The van der Waals surface area contributed by atoms with Crippen molar-refractivity contribution in [2.75, 3.05) is 13.2 Å². The van der Waals surface area contributed by atoms with Gasteiger partial charge in [-0.3, -0.25) is 4.79 Å². The summed E-state index contributed by atoms with van der Waals surface area (Å²) < 4.78 is 6.62. The molecule has 2 aromatic carbocycles. The van der Waals surface area contributed by atoms with E-state index in [9.17, 15) is 9.90 Å². The normalized spacial score (nSPS) is 18.7. The SMILES string of the molecule is C[C@H]1c2cccc(CCO)c2C[C@H](CO[Si](C)(C)C(C)(C)C)N1C(=O)Cc1c(Cl)cccc1Cl. The first-order valence-electron chi connectivity index (χ1n) is 12.0. The van der Waals surface area contributed by atoms with Crippen molar-refractivity contribution >= 4 is 37.4 Å². The number of fused-ring (bicyclic) bond motifs is 1. The highest BCUT2D eigenvalue weighted by Crippen LogP contribution is 2.39. The lowest BCUT2D eigenvalue weighted by atomic mass is 9.85. The number of nitrogens with zero attached hydrogens (tertiary/aromatic N) is 1. The summed E-state index contributed by atoms with van der Waals surface area (Å²) in [6.45, 7) is 13.8. The van der Waals surface area contributed by atoms with Crippen molar-refractivity contribution in [2.45, 2.75) is 77.2 Å².